The Morgan fingerprint density at radius 3 is 1.28 bits per heavy atom. The minimum Gasteiger partial charge on any atom is -0.481 e. The summed E-state index contributed by atoms with van der Waals surface area (Å²) in [5.74, 6) is -6.05. The molecule has 0 spiro atoms. The van der Waals surface area contributed by atoms with Crippen LogP contribution >= 0.6 is 0 Å². The molecular formula is C100H129N13O26Pt2. The van der Waals surface area contributed by atoms with Crippen molar-refractivity contribution < 1.29 is 165 Å². The number of aliphatic hydroxyl groups is 2. The molecule has 0 aromatic heterocycles. The van der Waals surface area contributed by atoms with Crippen molar-refractivity contribution in [3.05, 3.63) is 181 Å². The summed E-state index contributed by atoms with van der Waals surface area (Å²) in [5.41, 5.74) is 5.21. The Morgan fingerprint density at radius 1 is 0.504 bits per heavy atom. The third kappa shape index (κ3) is 25.7. The molecule has 11 aliphatic rings. The molecule has 9 aliphatic heterocycles. The summed E-state index contributed by atoms with van der Waals surface area (Å²) >= 11 is 3.88. The van der Waals surface area contributed by atoms with Crippen LogP contribution in [0.3, 0.4) is 0 Å². The Morgan fingerprint density at radius 2 is 0.922 bits per heavy atom. The molecule has 770 valence electrons. The number of nitrogens with one attached hydrogen (secondary N) is 7. The van der Waals surface area contributed by atoms with Crippen LogP contribution < -0.4 is 37.2 Å². The number of carbonyl (C=O) groups is 15. The molecule has 0 saturated carbocycles. The van der Waals surface area contributed by atoms with Gasteiger partial charge in [0, 0.05) is 57.2 Å². The van der Waals surface area contributed by atoms with Crippen LogP contribution in [0.2, 0.25) is 0 Å². The number of carboxylic acid groups (broad SMARTS) is 2. The minimum atomic E-state index is -1.17. The van der Waals surface area contributed by atoms with Gasteiger partial charge in [0.25, 0.3) is 0 Å². The number of carboxylic acids is 2. The molecule has 0 radical (unpaired) electrons. The molecule has 9 saturated heterocycles. The number of methoxy groups -OCH3 is 1. The second-order valence-electron chi connectivity index (χ2n) is 35.5. The minimum absolute atomic E-state index is 0. The molecule has 141 heavy (non-hydrogen) atoms. The first-order valence-electron chi connectivity index (χ1n) is 46.3. The van der Waals surface area contributed by atoms with E-state index in [1.54, 1.807) is 18.7 Å². The number of hydrogen-bond donors (Lipinski definition) is 11. The van der Waals surface area contributed by atoms with Crippen LogP contribution in [-0.2, 0) is 137 Å². The Bertz CT molecular complexity index is 5340. The van der Waals surface area contributed by atoms with Gasteiger partial charge in [-0.15, -0.1) is 0 Å². The van der Waals surface area contributed by atoms with Crippen molar-refractivity contribution in [1.82, 2.24) is 56.8 Å². The number of aliphatic carboxylic acids is 2. The van der Waals surface area contributed by atoms with E-state index in [0.29, 0.717) is 51.6 Å². The van der Waals surface area contributed by atoms with Gasteiger partial charge in [0.2, 0.25) is 23.6 Å². The Labute approximate surface area is 841 Å². The van der Waals surface area contributed by atoms with E-state index in [0.717, 1.165) is 69.5 Å². The molecule has 39 nitrogen and oxygen atoms in total. The standard InChI is InChI=1S/C29H31N3O6.C26H27N3O6.C16H21NO5.C14H19N3O4.C8H14N2O2.C5H9NO3.2CH4.2Pt/c1-3-13-37-25(33)14-24-26(34)32-16-18(15-29(32,4-2)27(35)31-24)30-28(36)38-17-23-21-11-7-5-9-19(21)20-10-6-8-12-22(20)23;1-2-26-12-15(13-29(26)23(32)21(11-22(30)31)28-24(26)33)27-25(34)35-14-20-18-9-5-3-7-16(18)17-8-4-6-10-19(17)20;1-3-16(14(19)21-2)9-13(18)10-17(16)15(20)22-11-12-7-5-4-6-8-12;1-3-5-21-11(18)6-10-12(19)17-8-9(15)7-14(17,4-2)13(20)16-10;1-3-8(12-6(2)11)4-7(9)5-10-8;7-3-1-4(5(8)9)6-2-3;;;;/h3,5-12,18,23-24H,1,4,13-17H2,2H3,(H,30,36)(H,31,35);3-10,15,20-21H,2,11-14H2,1H3,(H,27,34)(H,28,33)(H,30,31);4-8,13,18H,3,9-11H2,1-2H3;3,9-10H,1,4-8H2,2H3,(H,16,20);7,10H,3-5H2,1-2H3;3-4,6-7H,1-2H2,(H,8,9);2*1H4;;/t18-,24-,29-;15-,21-,26-;13-,16?;9-,10-,14-;7-,8+;3-,4+;;;;/m001001..../s1. The maximum Gasteiger partial charge on any atom is 0.407 e. The first kappa shape index (κ1) is 112. The van der Waals surface area contributed by atoms with Crippen LogP contribution in [0.1, 0.15) is 186 Å². The number of ether oxygens (including phenoxy) is 7. The second kappa shape index (κ2) is 50.5. The number of nitrogens with zero attached hydrogens (tertiary/aromatic N) is 6. The molecule has 9 heterocycles. The monoisotopic (exact) mass is 2320 g/mol. The molecule has 1 unspecified atom stereocenters. The zero-order valence-electron chi connectivity index (χ0n) is 78.4. The van der Waals surface area contributed by atoms with E-state index in [4.69, 9.17) is 48.5 Å². The predicted octanol–water partition coefficient (Wildman–Crippen LogP) is 7.75. The van der Waals surface area contributed by atoms with E-state index >= 15 is 0 Å². The fraction of sp³-hybridized carbons (Fsp3) is 0.510. The molecular weight excluding hydrogens is 2190 g/mol. The number of amides is 9. The van der Waals surface area contributed by atoms with E-state index in [9.17, 15) is 77.0 Å². The Hall–Kier alpha value is -12.2. The number of carbonyl (C=O) groups excluding carboxylic acids is 13. The molecule has 16 rings (SSSR count). The van der Waals surface area contributed by atoms with Gasteiger partial charge in [0.1, 0.15) is 61.2 Å². The second-order valence-corrected chi connectivity index (χ2v) is 36.7. The van der Waals surface area contributed by atoms with Crippen LogP contribution in [0.25, 0.3) is 22.3 Å². The van der Waals surface area contributed by atoms with Gasteiger partial charge in [-0.1, -0.05) is 176 Å². The van der Waals surface area contributed by atoms with Crippen molar-refractivity contribution in [3.8, 4) is 22.3 Å². The van der Waals surface area contributed by atoms with Gasteiger partial charge in [0.05, 0.1) is 50.8 Å². The smallest absolute Gasteiger partial charge is 0.407 e. The SMILES string of the molecule is C.C.C=CCOC(=O)C[C@@H]1NC(=O)[C@]2(CC)C[C@H](NC(=O)OCC3c4ccccc4-c4ccccc43)CN2C1=O.C=CCOC(=O)C[C@@H]1NC(=O)[C@]2(CC)C[C@H]([N]=[Pt])CN2C1=O.CCC1(C(=O)OC)C[C@@H](O)CN1C(=O)OCc1ccccc1.CC[C@@]1(OC(C)=O)C[C@H]([N]=[Pt])CN1.CC[C@@]12C[C@H](NC(=O)OCC3c4ccccc4-c4ccccc43)CN1C(=O)[C@H](CC(=O)O)NC2=O.O=C(O)[C@@H]1C[C@@H](O)CN1. The van der Waals surface area contributed by atoms with E-state index in [-0.39, 0.29) is 159 Å². The number of benzene rings is 5. The van der Waals surface area contributed by atoms with Crippen molar-refractivity contribution in [1.29, 1.82) is 0 Å². The first-order valence-corrected chi connectivity index (χ1v) is 48.3. The molecule has 5 aromatic carbocycles. The summed E-state index contributed by atoms with van der Waals surface area (Å²) in [6.07, 6.45) is 3.62. The van der Waals surface area contributed by atoms with Gasteiger partial charge < -0.3 is 80.5 Å². The van der Waals surface area contributed by atoms with Gasteiger partial charge >= 0.3 is 271 Å². The summed E-state index contributed by atoms with van der Waals surface area (Å²) in [6, 6.07) is 37.3. The molecule has 15 atom stereocenters. The molecule has 2 aliphatic carbocycles. The van der Waals surface area contributed by atoms with Crippen molar-refractivity contribution >= 4 is 89.5 Å². The number of aliphatic hydroxyl groups excluding tert-OH is 2. The molecule has 5 aromatic rings. The topological polar surface area (TPSA) is 523 Å². The summed E-state index contributed by atoms with van der Waals surface area (Å²) in [5, 5.41) is 55.6. The number of piperazine rings is 3. The number of hydrogen-bond acceptors (Lipinski definition) is 28. The average molecular weight is 2320 g/mol. The number of likely N-dealkylation sites (tertiary alicyclic amines) is 1. The van der Waals surface area contributed by atoms with Crippen LogP contribution in [0.15, 0.2) is 160 Å². The molecule has 9 fully saturated rings. The zero-order valence-corrected chi connectivity index (χ0v) is 82.9. The van der Waals surface area contributed by atoms with Crippen LogP contribution in [-0.4, -0.2) is 291 Å². The van der Waals surface area contributed by atoms with Crippen molar-refractivity contribution in [3.63, 3.8) is 0 Å². The number of esters is 4. The van der Waals surface area contributed by atoms with Gasteiger partial charge in [-0.25, -0.2) is 19.2 Å². The maximum absolute atomic E-state index is 13.2. The van der Waals surface area contributed by atoms with Gasteiger partial charge in [0.15, 0.2) is 0 Å². The van der Waals surface area contributed by atoms with Gasteiger partial charge in [-0.05, 0) is 69.3 Å². The molecule has 0 bridgehead atoms. The van der Waals surface area contributed by atoms with Crippen LogP contribution in [0, 0.1) is 0 Å². The maximum atomic E-state index is 13.2. The zero-order chi connectivity index (χ0) is 101. The Kier molecular flexibility index (Phi) is 40.3. The van der Waals surface area contributed by atoms with Crippen LogP contribution in [0.4, 0.5) is 14.4 Å². The van der Waals surface area contributed by atoms with E-state index in [1.807, 2.05) is 151 Å². The quantitative estimate of drug-likeness (QED) is 0.0129. The fourth-order valence-electron chi connectivity index (χ4n) is 20.1. The van der Waals surface area contributed by atoms with E-state index in [2.05, 4.69) is 93.8 Å². The van der Waals surface area contributed by atoms with E-state index in [1.165, 1.54) is 40.9 Å². The van der Waals surface area contributed by atoms with Crippen LogP contribution in [0.5, 0.6) is 0 Å². The number of fused-ring (bicyclic) bond motifs is 9. The predicted molar refractivity (Wildman–Crippen MR) is 504 cm³/mol. The third-order valence-corrected chi connectivity index (χ3v) is 28.8. The number of β-amino-alcohol motifs (C(OH)–C–C–N with tert-alkyl or cyclic N) is 2. The summed E-state index contributed by atoms with van der Waals surface area (Å²) < 4.78 is 44.9. The number of rotatable bonds is 28. The van der Waals surface area contributed by atoms with E-state index < -0.39 is 137 Å². The summed E-state index contributed by atoms with van der Waals surface area (Å²) in [7, 11) is 1.28. The van der Waals surface area contributed by atoms with Crippen molar-refractivity contribution in [2.24, 2.45) is 6.99 Å². The number of alkyl carbamates (subject to hydrolysis) is 2. The van der Waals surface area contributed by atoms with Crippen molar-refractivity contribution in [2.75, 3.05) is 72.8 Å². The molecule has 9 amide bonds. The fourth-order valence-corrected chi connectivity index (χ4v) is 20.9. The first-order chi connectivity index (χ1) is 66.5. The van der Waals surface area contributed by atoms with Gasteiger partial charge in [-0.2, -0.15) is 0 Å². The van der Waals surface area contributed by atoms with Crippen molar-refractivity contribution in [2.45, 2.75) is 253 Å². The third-order valence-electron chi connectivity index (χ3n) is 27.1. The molecule has 41 heteroatoms. The average Bonchev–Trinajstić information content (AvgIpc) is 1.60. The molecule has 11 N–H and O–H groups in total. The summed E-state index contributed by atoms with van der Waals surface area (Å²) in [6.45, 7) is 20.2. The Balaban J connectivity index is 0.000000198. The largest absolute Gasteiger partial charge is 0.481 e. The summed E-state index contributed by atoms with van der Waals surface area (Å²) in [4.78, 5) is 189. The van der Waals surface area contributed by atoms with Gasteiger partial charge in [-0.3, -0.25) is 38.5 Å². The normalized spacial score (nSPS) is 26.4.